The van der Waals surface area contributed by atoms with Crippen molar-refractivity contribution in [1.29, 1.82) is 0 Å². The maximum atomic E-state index is 11.7. The molecule has 3 heteroatoms. The molecule has 0 unspecified atom stereocenters. The van der Waals surface area contributed by atoms with Crippen LogP contribution in [0.15, 0.2) is 47.5 Å². The van der Waals surface area contributed by atoms with Crippen LogP contribution in [0.5, 0.6) is 0 Å². The summed E-state index contributed by atoms with van der Waals surface area (Å²) >= 11 is 0. The van der Waals surface area contributed by atoms with E-state index < -0.39 is 0 Å². The van der Waals surface area contributed by atoms with Crippen molar-refractivity contribution in [2.24, 2.45) is 7.05 Å². The highest BCUT2D eigenvalue weighted by atomic mass is 16.1. The zero-order valence-corrected chi connectivity index (χ0v) is 8.84. The van der Waals surface area contributed by atoms with E-state index in [9.17, 15) is 4.79 Å². The van der Waals surface area contributed by atoms with Gasteiger partial charge in [0.2, 0.25) is 0 Å². The van der Waals surface area contributed by atoms with Crippen molar-refractivity contribution < 1.29 is 0 Å². The molecule has 78 valence electrons. The molecule has 0 aliphatic heterocycles. The van der Waals surface area contributed by atoms with Crippen molar-refractivity contribution in [3.8, 4) is 0 Å². The fourth-order valence-corrected chi connectivity index (χ4v) is 2.03. The molecule has 3 aromatic rings. The quantitative estimate of drug-likeness (QED) is 0.532. The van der Waals surface area contributed by atoms with Crippen LogP contribution in [-0.2, 0) is 7.05 Å². The third-order valence-corrected chi connectivity index (χ3v) is 2.82. The number of nitrogens with zero attached hydrogens (tertiary/aromatic N) is 2. The van der Waals surface area contributed by atoms with Crippen molar-refractivity contribution in [2.45, 2.75) is 0 Å². The minimum atomic E-state index is 0.0423. The average Bonchev–Trinajstić information content (AvgIpc) is 2.33. The van der Waals surface area contributed by atoms with Crippen molar-refractivity contribution in [1.82, 2.24) is 9.55 Å². The number of hydrogen-bond acceptors (Lipinski definition) is 2. The standard InChI is InChI=1S/C13H10N2O/c1-15-8-6-11(16)10-5-4-9-3-2-7-14-12(9)13(10)15/h2-8H,1H3. The number of pyridine rings is 2. The van der Waals surface area contributed by atoms with Gasteiger partial charge in [0.05, 0.1) is 11.0 Å². The first-order chi connectivity index (χ1) is 7.77. The molecule has 0 fully saturated rings. The lowest BCUT2D eigenvalue weighted by Gasteiger charge is -2.07. The van der Waals surface area contributed by atoms with E-state index in [2.05, 4.69) is 4.98 Å². The minimum absolute atomic E-state index is 0.0423. The molecule has 1 aromatic carbocycles. The van der Waals surface area contributed by atoms with Gasteiger partial charge in [-0.25, -0.2) is 0 Å². The Balaban J connectivity index is 2.70. The maximum Gasteiger partial charge on any atom is 0.189 e. The second kappa shape index (κ2) is 3.17. The Kier molecular flexibility index (Phi) is 1.80. The summed E-state index contributed by atoms with van der Waals surface area (Å²) in [4.78, 5) is 16.1. The molecule has 3 rings (SSSR count). The molecule has 0 amide bonds. The van der Waals surface area contributed by atoms with Crippen LogP contribution >= 0.6 is 0 Å². The Hall–Kier alpha value is -2.16. The summed E-state index contributed by atoms with van der Waals surface area (Å²) in [5, 5.41) is 1.77. The van der Waals surface area contributed by atoms with Gasteiger partial charge in [0.15, 0.2) is 5.43 Å². The first-order valence-corrected chi connectivity index (χ1v) is 5.10. The van der Waals surface area contributed by atoms with Crippen LogP contribution in [0.1, 0.15) is 0 Å². The van der Waals surface area contributed by atoms with Crippen LogP contribution in [0.2, 0.25) is 0 Å². The monoisotopic (exact) mass is 210 g/mol. The van der Waals surface area contributed by atoms with E-state index in [0.29, 0.717) is 0 Å². The third kappa shape index (κ3) is 1.15. The van der Waals surface area contributed by atoms with Crippen molar-refractivity contribution in [3.05, 3.63) is 52.9 Å². The molecule has 16 heavy (non-hydrogen) atoms. The van der Waals surface area contributed by atoms with Crippen LogP contribution in [0.25, 0.3) is 21.8 Å². The van der Waals surface area contributed by atoms with Gasteiger partial charge < -0.3 is 4.57 Å². The first kappa shape index (κ1) is 9.09. The minimum Gasteiger partial charge on any atom is -0.349 e. The van der Waals surface area contributed by atoms with Gasteiger partial charge in [-0.15, -0.1) is 0 Å². The summed E-state index contributed by atoms with van der Waals surface area (Å²) < 4.78 is 1.94. The lowest BCUT2D eigenvalue weighted by Crippen LogP contribution is -2.05. The molecule has 0 aliphatic rings. The molecular formula is C13H10N2O. The lowest BCUT2D eigenvalue weighted by molar-refractivity contribution is 0.953. The average molecular weight is 210 g/mol. The van der Waals surface area contributed by atoms with Crippen LogP contribution in [0, 0.1) is 0 Å². The number of aromatic nitrogens is 2. The highest BCUT2D eigenvalue weighted by Crippen LogP contribution is 2.20. The number of aryl methyl sites for hydroxylation is 1. The van der Waals surface area contributed by atoms with Crippen LogP contribution in [-0.4, -0.2) is 9.55 Å². The van der Waals surface area contributed by atoms with Crippen molar-refractivity contribution in [2.75, 3.05) is 0 Å². The van der Waals surface area contributed by atoms with E-state index in [0.717, 1.165) is 21.8 Å². The Morgan fingerprint density at radius 1 is 1.19 bits per heavy atom. The Labute approximate surface area is 92.0 Å². The first-order valence-electron chi connectivity index (χ1n) is 5.10. The number of fused-ring (bicyclic) bond motifs is 3. The molecule has 3 nitrogen and oxygen atoms in total. The smallest absolute Gasteiger partial charge is 0.189 e. The largest absolute Gasteiger partial charge is 0.349 e. The molecule has 2 aromatic heterocycles. The second-order valence-electron chi connectivity index (χ2n) is 3.83. The molecule has 0 aliphatic carbocycles. The molecular weight excluding hydrogens is 200 g/mol. The predicted octanol–water partition coefficient (Wildman–Crippen LogP) is 2.09. The van der Waals surface area contributed by atoms with Crippen molar-refractivity contribution >= 4 is 21.8 Å². The Morgan fingerprint density at radius 2 is 2.06 bits per heavy atom. The van der Waals surface area contributed by atoms with E-state index in [-0.39, 0.29) is 5.43 Å². The molecule has 0 atom stereocenters. The summed E-state index contributed by atoms with van der Waals surface area (Å²) in [5.74, 6) is 0. The van der Waals surface area contributed by atoms with Gasteiger partial charge >= 0.3 is 0 Å². The van der Waals surface area contributed by atoms with E-state index in [1.165, 1.54) is 0 Å². The molecule has 2 heterocycles. The summed E-state index contributed by atoms with van der Waals surface area (Å²) in [6, 6.07) is 9.28. The summed E-state index contributed by atoms with van der Waals surface area (Å²) in [7, 11) is 1.93. The van der Waals surface area contributed by atoms with Gasteiger partial charge in [0.1, 0.15) is 0 Å². The Bertz CT molecular complexity index is 744. The molecule has 0 N–H and O–H groups in total. The highest BCUT2D eigenvalue weighted by molar-refractivity contribution is 6.02. The number of hydrogen-bond donors (Lipinski definition) is 0. The van der Waals surface area contributed by atoms with Gasteiger partial charge in [-0.05, 0) is 12.1 Å². The molecule has 0 spiro atoms. The fourth-order valence-electron chi connectivity index (χ4n) is 2.03. The number of rotatable bonds is 0. The summed E-state index contributed by atoms with van der Waals surface area (Å²) in [6.07, 6.45) is 3.53. The van der Waals surface area contributed by atoms with Gasteiger partial charge in [-0.3, -0.25) is 9.78 Å². The summed E-state index contributed by atoms with van der Waals surface area (Å²) in [5.41, 5.74) is 1.81. The predicted molar refractivity (Wildman–Crippen MR) is 64.5 cm³/mol. The lowest BCUT2D eigenvalue weighted by atomic mass is 10.1. The zero-order chi connectivity index (χ0) is 11.1. The van der Waals surface area contributed by atoms with E-state index >= 15 is 0 Å². The number of benzene rings is 1. The van der Waals surface area contributed by atoms with Crippen molar-refractivity contribution in [3.63, 3.8) is 0 Å². The van der Waals surface area contributed by atoms with Gasteiger partial charge in [-0.2, -0.15) is 0 Å². The highest BCUT2D eigenvalue weighted by Gasteiger charge is 2.05. The SMILES string of the molecule is Cn1ccc(=O)c2ccc3cccnc3c21. The van der Waals surface area contributed by atoms with Crippen LogP contribution in [0.4, 0.5) is 0 Å². The van der Waals surface area contributed by atoms with Crippen LogP contribution in [0.3, 0.4) is 0 Å². The van der Waals surface area contributed by atoms with Gasteiger partial charge in [0.25, 0.3) is 0 Å². The van der Waals surface area contributed by atoms with Gasteiger partial charge in [-0.1, -0.05) is 12.1 Å². The molecule has 0 radical (unpaired) electrons. The van der Waals surface area contributed by atoms with E-state index in [4.69, 9.17) is 0 Å². The normalized spacial score (nSPS) is 11.1. The summed E-state index contributed by atoms with van der Waals surface area (Å²) in [6.45, 7) is 0. The van der Waals surface area contributed by atoms with Gasteiger partial charge in [0, 0.05) is 36.3 Å². The van der Waals surface area contributed by atoms with Crippen LogP contribution < -0.4 is 5.43 Å². The zero-order valence-electron chi connectivity index (χ0n) is 8.84. The molecule has 0 saturated carbocycles. The van der Waals surface area contributed by atoms with E-state index in [1.807, 2.05) is 35.9 Å². The maximum absolute atomic E-state index is 11.7. The third-order valence-electron chi connectivity index (χ3n) is 2.82. The topological polar surface area (TPSA) is 34.9 Å². The Morgan fingerprint density at radius 3 is 2.94 bits per heavy atom. The molecule has 0 saturated heterocycles. The fraction of sp³-hybridized carbons (Fsp3) is 0.0769. The second-order valence-corrected chi connectivity index (χ2v) is 3.83. The van der Waals surface area contributed by atoms with E-state index in [1.54, 1.807) is 18.5 Å². The molecule has 0 bridgehead atoms.